The van der Waals surface area contributed by atoms with Gasteiger partial charge in [0.05, 0.1) is 28.9 Å². The molecule has 1 N–H and O–H groups in total. The number of aryl methyl sites for hydroxylation is 1. The molecule has 0 spiro atoms. The molecule has 4 heterocycles. The standard InChI is InChI=1S/C22H24ClN3O2S/c1-13-7-16(24-9-14-5-4-6-15(23)8-14)21-25-10-17(26(21)11-13)20-19-18(12-29-20)27-22(2,3)28-19/h4-8,10-11,18-20,24H,9,12H2,1-3H3/t18?,19-,20-/m0/s1. The summed E-state index contributed by atoms with van der Waals surface area (Å²) >= 11 is 8.00. The van der Waals surface area contributed by atoms with Crippen LogP contribution in [0.2, 0.25) is 5.02 Å². The first-order chi connectivity index (χ1) is 13.9. The van der Waals surface area contributed by atoms with Crippen LogP contribution in [0, 0.1) is 6.92 Å². The van der Waals surface area contributed by atoms with E-state index in [9.17, 15) is 0 Å². The first-order valence-electron chi connectivity index (χ1n) is 9.83. The number of pyridine rings is 1. The first kappa shape index (κ1) is 19.2. The summed E-state index contributed by atoms with van der Waals surface area (Å²) in [7, 11) is 0. The molecule has 0 radical (unpaired) electrons. The van der Waals surface area contributed by atoms with Crippen LogP contribution >= 0.6 is 23.4 Å². The van der Waals surface area contributed by atoms with Crippen molar-refractivity contribution >= 4 is 34.7 Å². The fraction of sp³-hybridized carbons (Fsp3) is 0.409. The van der Waals surface area contributed by atoms with E-state index in [2.05, 4.69) is 35.0 Å². The molecule has 2 aromatic heterocycles. The van der Waals surface area contributed by atoms with Gasteiger partial charge in [-0.25, -0.2) is 4.98 Å². The zero-order valence-corrected chi connectivity index (χ0v) is 18.3. The number of ether oxygens (including phenoxy) is 2. The number of nitrogens with zero attached hydrogens (tertiary/aromatic N) is 2. The molecule has 0 bridgehead atoms. The second-order valence-corrected chi connectivity index (χ2v) is 9.79. The molecule has 2 fully saturated rings. The maximum Gasteiger partial charge on any atom is 0.163 e. The third-order valence-corrected chi connectivity index (χ3v) is 7.02. The molecule has 2 aliphatic heterocycles. The van der Waals surface area contributed by atoms with E-state index in [1.54, 1.807) is 0 Å². The van der Waals surface area contributed by atoms with Crippen molar-refractivity contribution in [2.75, 3.05) is 11.1 Å². The smallest absolute Gasteiger partial charge is 0.163 e. The molecule has 2 saturated heterocycles. The summed E-state index contributed by atoms with van der Waals surface area (Å²) in [5, 5.41) is 4.48. The van der Waals surface area contributed by atoms with Crippen LogP contribution < -0.4 is 5.32 Å². The van der Waals surface area contributed by atoms with E-state index < -0.39 is 5.79 Å². The molecule has 5 rings (SSSR count). The van der Waals surface area contributed by atoms with Gasteiger partial charge in [0, 0.05) is 23.5 Å². The van der Waals surface area contributed by atoms with Crippen LogP contribution in [-0.2, 0) is 16.0 Å². The number of aromatic nitrogens is 2. The molecule has 0 saturated carbocycles. The minimum Gasteiger partial charge on any atom is -0.378 e. The SMILES string of the molecule is Cc1cc(NCc2cccc(Cl)c2)c2ncc([C@@H]3SCC4OC(C)(C)O[C@@H]43)n2c1. The van der Waals surface area contributed by atoms with Crippen molar-refractivity contribution in [1.29, 1.82) is 0 Å². The van der Waals surface area contributed by atoms with E-state index in [1.165, 1.54) is 5.56 Å². The Kier molecular flexibility index (Phi) is 4.78. The fourth-order valence-corrected chi connectivity index (χ4v) is 5.86. The van der Waals surface area contributed by atoms with E-state index in [0.717, 1.165) is 33.4 Å². The van der Waals surface area contributed by atoms with E-state index in [4.69, 9.17) is 26.1 Å². The second kappa shape index (κ2) is 7.20. The van der Waals surface area contributed by atoms with Crippen LogP contribution in [0.3, 0.4) is 0 Å². The average Bonchev–Trinajstić information content (AvgIpc) is 3.31. The number of thioether (sulfide) groups is 1. The molecule has 0 amide bonds. The van der Waals surface area contributed by atoms with Crippen molar-refractivity contribution < 1.29 is 9.47 Å². The molecule has 29 heavy (non-hydrogen) atoms. The summed E-state index contributed by atoms with van der Waals surface area (Å²) in [5.41, 5.74) is 5.41. The van der Waals surface area contributed by atoms with Crippen molar-refractivity contribution in [3.8, 4) is 0 Å². The Morgan fingerprint density at radius 3 is 3.00 bits per heavy atom. The molecular weight excluding hydrogens is 406 g/mol. The van der Waals surface area contributed by atoms with Crippen LogP contribution in [0.4, 0.5) is 5.69 Å². The van der Waals surface area contributed by atoms with Gasteiger partial charge in [0.15, 0.2) is 11.4 Å². The number of nitrogens with one attached hydrogen (secondary N) is 1. The summed E-state index contributed by atoms with van der Waals surface area (Å²) in [5.74, 6) is 0.423. The summed E-state index contributed by atoms with van der Waals surface area (Å²) < 4.78 is 14.5. The largest absolute Gasteiger partial charge is 0.378 e. The van der Waals surface area contributed by atoms with Crippen molar-refractivity contribution in [2.24, 2.45) is 0 Å². The number of benzene rings is 1. The lowest BCUT2D eigenvalue weighted by Gasteiger charge is -2.21. The lowest BCUT2D eigenvalue weighted by Crippen LogP contribution is -2.24. The van der Waals surface area contributed by atoms with Gasteiger partial charge in [0.25, 0.3) is 0 Å². The summed E-state index contributed by atoms with van der Waals surface area (Å²) in [6, 6.07) is 10.0. The maximum absolute atomic E-state index is 6.22. The van der Waals surface area contributed by atoms with Gasteiger partial charge in [0.1, 0.15) is 6.10 Å². The number of hydrogen-bond donors (Lipinski definition) is 1. The number of hydrogen-bond acceptors (Lipinski definition) is 5. The molecular formula is C22H24ClN3O2S. The second-order valence-electron chi connectivity index (χ2n) is 8.18. The predicted octanol–water partition coefficient (Wildman–Crippen LogP) is 5.22. The Morgan fingerprint density at radius 1 is 1.31 bits per heavy atom. The van der Waals surface area contributed by atoms with Gasteiger partial charge in [-0.3, -0.25) is 0 Å². The predicted molar refractivity (Wildman–Crippen MR) is 118 cm³/mol. The lowest BCUT2D eigenvalue weighted by molar-refractivity contribution is -0.145. The molecule has 0 aliphatic carbocycles. The Balaban J connectivity index is 1.45. The van der Waals surface area contributed by atoms with E-state index in [1.807, 2.05) is 50.0 Å². The van der Waals surface area contributed by atoms with Crippen LogP contribution in [0.1, 0.15) is 35.9 Å². The van der Waals surface area contributed by atoms with Crippen LogP contribution in [0.25, 0.3) is 5.65 Å². The third-order valence-electron chi connectivity index (χ3n) is 5.39. The molecule has 3 atom stereocenters. The molecule has 152 valence electrons. The highest BCUT2D eigenvalue weighted by Crippen LogP contribution is 2.49. The van der Waals surface area contributed by atoms with Crippen LogP contribution in [0.15, 0.2) is 42.7 Å². The number of halogens is 1. The maximum atomic E-state index is 6.22. The summed E-state index contributed by atoms with van der Waals surface area (Å²) in [6.45, 7) is 6.78. The minimum atomic E-state index is -0.519. The Bertz CT molecular complexity index is 1070. The normalized spacial score (nSPS) is 25.4. The van der Waals surface area contributed by atoms with Gasteiger partial charge in [-0.15, -0.1) is 11.8 Å². The Hall–Kier alpha value is -1.73. The molecule has 3 aromatic rings. The van der Waals surface area contributed by atoms with Gasteiger partial charge in [-0.1, -0.05) is 23.7 Å². The zero-order chi connectivity index (χ0) is 20.2. The monoisotopic (exact) mass is 429 g/mol. The highest BCUT2D eigenvalue weighted by atomic mass is 35.5. The van der Waals surface area contributed by atoms with E-state index >= 15 is 0 Å². The topological polar surface area (TPSA) is 47.8 Å². The van der Waals surface area contributed by atoms with Crippen molar-refractivity contribution in [3.63, 3.8) is 0 Å². The first-order valence-corrected chi connectivity index (χ1v) is 11.3. The van der Waals surface area contributed by atoms with Crippen molar-refractivity contribution in [1.82, 2.24) is 9.38 Å². The Morgan fingerprint density at radius 2 is 2.17 bits per heavy atom. The van der Waals surface area contributed by atoms with E-state index in [-0.39, 0.29) is 17.5 Å². The highest BCUT2D eigenvalue weighted by molar-refractivity contribution is 7.99. The fourth-order valence-electron chi connectivity index (χ4n) is 4.22. The van der Waals surface area contributed by atoms with Gasteiger partial charge in [-0.05, 0) is 50.1 Å². The molecule has 1 aromatic carbocycles. The number of rotatable bonds is 4. The molecule has 7 heteroatoms. The number of fused-ring (bicyclic) bond motifs is 2. The molecule has 5 nitrogen and oxygen atoms in total. The minimum absolute atomic E-state index is 0.0540. The Labute approximate surface area is 179 Å². The van der Waals surface area contributed by atoms with Gasteiger partial charge in [0.2, 0.25) is 0 Å². The van der Waals surface area contributed by atoms with Crippen LogP contribution in [0.5, 0.6) is 0 Å². The van der Waals surface area contributed by atoms with Crippen molar-refractivity contribution in [3.05, 3.63) is 64.6 Å². The number of imidazole rings is 1. The van der Waals surface area contributed by atoms with Crippen molar-refractivity contribution in [2.45, 2.75) is 50.6 Å². The lowest BCUT2D eigenvalue weighted by atomic mass is 10.1. The summed E-state index contributed by atoms with van der Waals surface area (Å²) in [4.78, 5) is 4.75. The average molecular weight is 430 g/mol. The van der Waals surface area contributed by atoms with E-state index in [0.29, 0.717) is 6.54 Å². The van der Waals surface area contributed by atoms with Gasteiger partial charge < -0.3 is 19.2 Å². The quantitative estimate of drug-likeness (QED) is 0.616. The summed E-state index contributed by atoms with van der Waals surface area (Å²) in [6.07, 6.45) is 4.32. The number of anilines is 1. The molecule has 2 aliphatic rings. The van der Waals surface area contributed by atoms with Gasteiger partial charge >= 0.3 is 0 Å². The third kappa shape index (κ3) is 3.63. The molecule has 1 unspecified atom stereocenters. The van der Waals surface area contributed by atoms with Gasteiger partial charge in [-0.2, -0.15) is 0 Å². The van der Waals surface area contributed by atoms with Crippen LogP contribution in [-0.4, -0.2) is 33.1 Å². The highest BCUT2D eigenvalue weighted by Gasteiger charge is 2.50. The zero-order valence-electron chi connectivity index (χ0n) is 16.7.